The summed E-state index contributed by atoms with van der Waals surface area (Å²) in [7, 11) is -3.92. The highest BCUT2D eigenvalue weighted by molar-refractivity contribution is 7.89. The molecule has 1 unspecified atom stereocenters. The molecule has 7 nitrogen and oxygen atoms in total. The topological polar surface area (TPSA) is 103 Å². The smallest absolute Gasteiger partial charge is 0.329 e. The van der Waals surface area contributed by atoms with Crippen LogP contribution in [0.2, 0.25) is 0 Å². The van der Waals surface area contributed by atoms with Gasteiger partial charge in [0.15, 0.2) is 5.43 Å². The van der Waals surface area contributed by atoms with E-state index >= 15 is 0 Å². The van der Waals surface area contributed by atoms with Gasteiger partial charge in [-0.05, 0) is 55.8 Å². The molecular weight excluding hydrogens is 461 g/mol. The Balaban J connectivity index is 1.52. The zero-order chi connectivity index (χ0) is 24.5. The Morgan fingerprint density at radius 1 is 1.03 bits per heavy atom. The summed E-state index contributed by atoms with van der Waals surface area (Å²) in [6.07, 6.45) is 1.25. The van der Waals surface area contributed by atoms with Crippen molar-refractivity contribution in [1.29, 1.82) is 0 Å². The summed E-state index contributed by atoms with van der Waals surface area (Å²) in [6, 6.07) is 14.7. The van der Waals surface area contributed by atoms with E-state index in [9.17, 15) is 22.4 Å². The van der Waals surface area contributed by atoms with Gasteiger partial charge in [-0.3, -0.25) is 4.79 Å². The lowest BCUT2D eigenvalue weighted by molar-refractivity contribution is -0.135. The molecule has 0 aliphatic heterocycles. The van der Waals surface area contributed by atoms with Crippen molar-refractivity contribution in [3.8, 4) is 16.9 Å². The molecule has 34 heavy (non-hydrogen) atoms. The average Bonchev–Trinajstić information content (AvgIpc) is 2.80. The zero-order valence-corrected chi connectivity index (χ0v) is 19.1. The molecule has 1 atom stereocenters. The first-order chi connectivity index (χ1) is 16.1. The number of sulfonamides is 1. The van der Waals surface area contributed by atoms with Gasteiger partial charge in [0.05, 0.1) is 15.8 Å². The Morgan fingerprint density at radius 2 is 1.71 bits per heavy atom. The molecule has 0 saturated heterocycles. The predicted molar refractivity (Wildman–Crippen MR) is 124 cm³/mol. The van der Waals surface area contributed by atoms with Gasteiger partial charge >= 0.3 is 5.97 Å². The normalized spacial score (nSPS) is 12.4. The molecule has 0 fully saturated rings. The molecule has 0 aliphatic carbocycles. The number of aryl methyl sites for hydroxylation is 1. The van der Waals surface area contributed by atoms with Gasteiger partial charge in [0.2, 0.25) is 10.0 Å². The number of nitrogens with one attached hydrogen (secondary N) is 1. The first-order valence-corrected chi connectivity index (χ1v) is 11.7. The van der Waals surface area contributed by atoms with Crippen LogP contribution in [0.5, 0.6) is 5.75 Å². The molecule has 0 aliphatic rings. The second-order valence-electron chi connectivity index (χ2n) is 7.72. The van der Waals surface area contributed by atoms with E-state index in [-0.39, 0.29) is 32.6 Å². The highest BCUT2D eigenvalue weighted by Crippen LogP contribution is 2.24. The van der Waals surface area contributed by atoms with Gasteiger partial charge in [0.1, 0.15) is 29.5 Å². The molecule has 9 heteroatoms. The van der Waals surface area contributed by atoms with E-state index in [1.807, 2.05) is 6.92 Å². The Morgan fingerprint density at radius 3 is 2.38 bits per heavy atom. The summed E-state index contributed by atoms with van der Waals surface area (Å²) in [6.45, 7) is 3.20. The SMILES string of the molecule is Cc1ccc(S(=O)(=O)NC(C)C(=O)Oc2ccc3c(=O)c(-c4ccc(F)cc4)coc3c2)cc1. The van der Waals surface area contributed by atoms with Gasteiger partial charge in [-0.2, -0.15) is 4.72 Å². The number of esters is 1. The van der Waals surface area contributed by atoms with Crippen LogP contribution < -0.4 is 14.9 Å². The number of benzene rings is 3. The minimum atomic E-state index is -3.92. The van der Waals surface area contributed by atoms with Crippen LogP contribution >= 0.6 is 0 Å². The molecule has 4 aromatic rings. The molecule has 1 aromatic heterocycles. The summed E-state index contributed by atoms with van der Waals surface area (Å²) in [4.78, 5) is 25.3. The molecule has 3 aromatic carbocycles. The summed E-state index contributed by atoms with van der Waals surface area (Å²) in [5, 5.41) is 0.245. The van der Waals surface area contributed by atoms with Crippen LogP contribution in [0.15, 0.2) is 87.1 Å². The monoisotopic (exact) mass is 481 g/mol. The molecule has 0 saturated carbocycles. The molecule has 0 bridgehead atoms. The third kappa shape index (κ3) is 4.90. The van der Waals surface area contributed by atoms with Crippen LogP contribution in [0.4, 0.5) is 4.39 Å². The quantitative estimate of drug-likeness (QED) is 0.327. The molecule has 0 amide bonds. The Labute approximate surface area is 194 Å². The van der Waals surface area contributed by atoms with Crippen molar-refractivity contribution in [1.82, 2.24) is 4.72 Å². The van der Waals surface area contributed by atoms with E-state index < -0.39 is 27.9 Å². The van der Waals surface area contributed by atoms with E-state index in [0.717, 1.165) is 5.56 Å². The first-order valence-electron chi connectivity index (χ1n) is 10.3. The van der Waals surface area contributed by atoms with Crippen molar-refractivity contribution in [2.75, 3.05) is 0 Å². The number of fused-ring (bicyclic) bond motifs is 1. The van der Waals surface area contributed by atoms with Gasteiger partial charge in [-0.1, -0.05) is 29.8 Å². The lowest BCUT2D eigenvalue weighted by atomic mass is 10.1. The van der Waals surface area contributed by atoms with Crippen molar-refractivity contribution >= 4 is 27.0 Å². The van der Waals surface area contributed by atoms with Crippen molar-refractivity contribution in [3.63, 3.8) is 0 Å². The lowest BCUT2D eigenvalue weighted by Gasteiger charge is -2.14. The highest BCUT2D eigenvalue weighted by Gasteiger charge is 2.24. The summed E-state index contributed by atoms with van der Waals surface area (Å²) >= 11 is 0. The summed E-state index contributed by atoms with van der Waals surface area (Å²) in [5.41, 5.74) is 1.51. The number of hydrogen-bond acceptors (Lipinski definition) is 6. The Hall–Kier alpha value is -3.82. The van der Waals surface area contributed by atoms with Crippen LogP contribution in [0, 0.1) is 12.7 Å². The molecule has 4 rings (SSSR count). The van der Waals surface area contributed by atoms with Gasteiger partial charge < -0.3 is 9.15 Å². The number of rotatable bonds is 6. The largest absolute Gasteiger partial charge is 0.463 e. The lowest BCUT2D eigenvalue weighted by Crippen LogP contribution is -2.40. The number of carbonyl (C=O) groups is 1. The van der Waals surface area contributed by atoms with Crippen molar-refractivity contribution in [2.24, 2.45) is 0 Å². The number of ether oxygens (including phenoxy) is 1. The fourth-order valence-electron chi connectivity index (χ4n) is 3.27. The summed E-state index contributed by atoms with van der Waals surface area (Å²) in [5.74, 6) is -1.17. The van der Waals surface area contributed by atoms with Crippen molar-refractivity contribution < 1.29 is 26.8 Å². The van der Waals surface area contributed by atoms with Crippen LogP contribution in [-0.4, -0.2) is 20.4 Å². The second kappa shape index (κ2) is 9.20. The maximum atomic E-state index is 13.2. The fraction of sp³-hybridized carbons (Fsp3) is 0.120. The van der Waals surface area contributed by atoms with Crippen LogP contribution in [0.1, 0.15) is 12.5 Å². The van der Waals surface area contributed by atoms with Gasteiger partial charge in [0.25, 0.3) is 0 Å². The first kappa shape index (κ1) is 23.3. The Kier molecular flexibility index (Phi) is 6.32. The molecular formula is C25H20FNO6S. The third-order valence-corrected chi connectivity index (χ3v) is 6.69. The number of hydrogen-bond donors (Lipinski definition) is 1. The van der Waals surface area contributed by atoms with E-state index in [4.69, 9.17) is 9.15 Å². The molecule has 0 radical (unpaired) electrons. The third-order valence-electron chi connectivity index (χ3n) is 5.14. The van der Waals surface area contributed by atoms with Crippen LogP contribution in [-0.2, 0) is 14.8 Å². The van der Waals surface area contributed by atoms with E-state index in [2.05, 4.69) is 4.72 Å². The van der Waals surface area contributed by atoms with Gasteiger partial charge in [-0.25, -0.2) is 17.6 Å². The van der Waals surface area contributed by atoms with Crippen LogP contribution in [0.25, 0.3) is 22.1 Å². The second-order valence-corrected chi connectivity index (χ2v) is 9.43. The van der Waals surface area contributed by atoms with Gasteiger partial charge in [-0.15, -0.1) is 0 Å². The molecule has 1 N–H and O–H groups in total. The Bertz CT molecular complexity index is 1530. The number of carbonyl (C=O) groups excluding carboxylic acids is 1. The predicted octanol–water partition coefficient (Wildman–Crippen LogP) is 4.18. The van der Waals surface area contributed by atoms with Gasteiger partial charge in [0, 0.05) is 6.07 Å². The molecule has 174 valence electrons. The van der Waals surface area contributed by atoms with Crippen molar-refractivity contribution in [2.45, 2.75) is 24.8 Å². The van der Waals surface area contributed by atoms with E-state index in [1.54, 1.807) is 12.1 Å². The molecule has 1 heterocycles. The average molecular weight is 482 g/mol. The maximum absolute atomic E-state index is 13.2. The minimum Gasteiger partial charge on any atom is -0.463 e. The van der Waals surface area contributed by atoms with E-state index in [0.29, 0.717) is 5.56 Å². The standard InChI is InChI=1S/C25H20FNO6S/c1-15-3-10-20(11-4-15)34(30,31)27-16(2)25(29)33-19-9-12-21-23(13-19)32-14-22(24(21)28)17-5-7-18(26)8-6-17/h3-14,16,27H,1-2H3. The van der Waals surface area contributed by atoms with E-state index in [1.165, 1.54) is 67.8 Å². The minimum absolute atomic E-state index is 0.0298. The van der Waals surface area contributed by atoms with Crippen molar-refractivity contribution in [3.05, 3.63) is 94.6 Å². The van der Waals surface area contributed by atoms with Crippen LogP contribution in [0.3, 0.4) is 0 Å². The number of halogens is 1. The highest BCUT2D eigenvalue weighted by atomic mass is 32.2. The maximum Gasteiger partial charge on any atom is 0.329 e. The molecule has 0 spiro atoms. The fourth-order valence-corrected chi connectivity index (χ4v) is 4.46. The summed E-state index contributed by atoms with van der Waals surface area (Å²) < 4.78 is 51.3. The zero-order valence-electron chi connectivity index (χ0n) is 18.2.